The summed E-state index contributed by atoms with van der Waals surface area (Å²) in [6, 6.07) is -1.27. The molecule has 7 atom stereocenters. The largest absolute Gasteiger partial charge is 0.411 e. The van der Waals surface area contributed by atoms with Crippen molar-refractivity contribution in [3.05, 3.63) is 11.1 Å². The lowest BCUT2D eigenvalue weighted by atomic mass is 9.82. The van der Waals surface area contributed by atoms with Crippen LogP contribution in [0.5, 0.6) is 0 Å². The van der Waals surface area contributed by atoms with Gasteiger partial charge >= 0.3 is 6.18 Å². The number of piperidine rings is 1. The van der Waals surface area contributed by atoms with E-state index in [9.17, 15) is 31.5 Å². The molecule has 11 heteroatoms. The zero-order valence-electron chi connectivity index (χ0n) is 18.1. The Morgan fingerprint density at radius 3 is 2.59 bits per heavy atom. The van der Waals surface area contributed by atoms with Crippen LogP contribution in [-0.2, 0) is 14.3 Å². The molecule has 0 radical (unpaired) electrons. The first-order valence-corrected chi connectivity index (χ1v) is 11.0. The van der Waals surface area contributed by atoms with Gasteiger partial charge in [-0.3, -0.25) is 14.9 Å². The highest BCUT2D eigenvalue weighted by atomic mass is 19.4. The van der Waals surface area contributed by atoms with Crippen molar-refractivity contribution in [3.63, 3.8) is 0 Å². The minimum atomic E-state index is -4.44. The number of alkyl halides is 5. The molecule has 6 nitrogen and oxygen atoms in total. The van der Waals surface area contributed by atoms with E-state index in [-0.39, 0.29) is 30.9 Å². The Balaban J connectivity index is 1.61. The third kappa shape index (κ3) is 6.18. The number of hydrogen-bond donors (Lipinski definition) is 3. The first-order valence-electron chi connectivity index (χ1n) is 11.0. The second-order valence-corrected chi connectivity index (χ2v) is 9.00. The van der Waals surface area contributed by atoms with E-state index >= 15 is 0 Å². The van der Waals surface area contributed by atoms with E-state index < -0.39 is 61.2 Å². The summed E-state index contributed by atoms with van der Waals surface area (Å²) >= 11 is 0. The van der Waals surface area contributed by atoms with Crippen molar-refractivity contribution in [2.24, 2.45) is 5.92 Å². The molecular weight excluding hydrogens is 437 g/mol. The predicted molar refractivity (Wildman–Crippen MR) is 106 cm³/mol. The van der Waals surface area contributed by atoms with Crippen LogP contribution in [0, 0.1) is 5.92 Å². The molecule has 0 aromatic heterocycles. The fourth-order valence-electron chi connectivity index (χ4n) is 4.88. The Kier molecular flexibility index (Phi) is 7.80. The van der Waals surface area contributed by atoms with Crippen molar-refractivity contribution in [2.75, 3.05) is 6.61 Å². The molecular formula is C21H30F5N3O3. The van der Waals surface area contributed by atoms with Gasteiger partial charge in [-0.2, -0.15) is 13.2 Å². The van der Waals surface area contributed by atoms with E-state index in [0.29, 0.717) is 24.8 Å². The van der Waals surface area contributed by atoms with E-state index in [1.807, 2.05) is 0 Å². The van der Waals surface area contributed by atoms with Gasteiger partial charge in [0.25, 0.3) is 0 Å². The number of ether oxygens (including phenoxy) is 1. The zero-order valence-corrected chi connectivity index (χ0v) is 18.1. The van der Waals surface area contributed by atoms with Gasteiger partial charge in [-0.25, -0.2) is 8.78 Å². The topological polar surface area (TPSA) is 79.5 Å². The number of fused-ring (bicyclic) bond motifs is 1. The molecule has 182 valence electrons. The Morgan fingerprint density at radius 2 is 1.94 bits per heavy atom. The minimum Gasteiger partial charge on any atom is -0.354 e. The summed E-state index contributed by atoms with van der Waals surface area (Å²) in [5.41, 5.74) is 0.798. The molecule has 3 rings (SSSR count). The summed E-state index contributed by atoms with van der Waals surface area (Å²) in [5, 5.41) is 8.51. The van der Waals surface area contributed by atoms with Crippen molar-refractivity contribution >= 4 is 11.8 Å². The van der Waals surface area contributed by atoms with Crippen LogP contribution in [0.25, 0.3) is 0 Å². The smallest absolute Gasteiger partial charge is 0.354 e. The predicted octanol–water partition coefficient (Wildman–Crippen LogP) is 2.83. The minimum absolute atomic E-state index is 0.177. The summed E-state index contributed by atoms with van der Waals surface area (Å²) in [5.74, 6) is -1.35. The molecule has 6 unspecified atom stereocenters. The fourth-order valence-corrected chi connectivity index (χ4v) is 4.88. The van der Waals surface area contributed by atoms with Gasteiger partial charge in [0.1, 0.15) is 25.2 Å². The molecule has 2 fully saturated rings. The van der Waals surface area contributed by atoms with Crippen LogP contribution in [0.4, 0.5) is 22.0 Å². The highest BCUT2D eigenvalue weighted by molar-refractivity contribution is 6.00. The van der Waals surface area contributed by atoms with Gasteiger partial charge in [-0.15, -0.1) is 0 Å². The molecule has 2 amide bonds. The molecule has 0 bridgehead atoms. The van der Waals surface area contributed by atoms with Crippen molar-refractivity contribution in [2.45, 2.75) is 95.2 Å². The van der Waals surface area contributed by atoms with Crippen molar-refractivity contribution in [1.82, 2.24) is 16.0 Å². The molecule has 2 aliphatic heterocycles. The van der Waals surface area contributed by atoms with Crippen LogP contribution < -0.4 is 16.0 Å². The van der Waals surface area contributed by atoms with Crippen LogP contribution in [0.3, 0.4) is 0 Å². The highest BCUT2D eigenvalue weighted by Crippen LogP contribution is 2.32. The SMILES string of the molecule is CC1=C(CC(=O)N[C@@H](C)C2CCC(F)CC2F)C(=O)NC2CCC(OCC(F)(F)F)NC12. The van der Waals surface area contributed by atoms with Gasteiger partial charge < -0.3 is 15.4 Å². The second-order valence-electron chi connectivity index (χ2n) is 9.00. The Hall–Kier alpha value is -1.75. The van der Waals surface area contributed by atoms with Gasteiger partial charge in [0.05, 0.1) is 12.5 Å². The van der Waals surface area contributed by atoms with E-state index in [1.165, 1.54) is 0 Å². The molecule has 3 N–H and O–H groups in total. The van der Waals surface area contributed by atoms with E-state index in [1.54, 1.807) is 13.8 Å². The van der Waals surface area contributed by atoms with Gasteiger partial charge in [0.2, 0.25) is 11.8 Å². The van der Waals surface area contributed by atoms with Crippen LogP contribution >= 0.6 is 0 Å². The molecule has 0 spiro atoms. The monoisotopic (exact) mass is 467 g/mol. The van der Waals surface area contributed by atoms with Crippen LogP contribution in [0.15, 0.2) is 11.1 Å². The Labute approximate surface area is 183 Å². The Bertz CT molecular complexity index is 745. The number of halogens is 5. The lowest BCUT2D eigenvalue weighted by Crippen LogP contribution is -2.61. The maximum absolute atomic E-state index is 14.2. The van der Waals surface area contributed by atoms with Gasteiger partial charge in [-0.1, -0.05) is 0 Å². The van der Waals surface area contributed by atoms with Crippen molar-refractivity contribution in [1.29, 1.82) is 0 Å². The average Bonchev–Trinajstić information content (AvgIpc) is 2.69. The molecule has 32 heavy (non-hydrogen) atoms. The average molecular weight is 467 g/mol. The number of hydrogen-bond acceptors (Lipinski definition) is 4. The van der Waals surface area contributed by atoms with Crippen molar-refractivity contribution < 1.29 is 36.3 Å². The summed E-state index contributed by atoms with van der Waals surface area (Å²) in [6.07, 6.45) is -6.84. The van der Waals surface area contributed by atoms with Gasteiger partial charge in [0.15, 0.2) is 0 Å². The normalized spacial score (nSPS) is 34.5. The van der Waals surface area contributed by atoms with Crippen LogP contribution in [0.2, 0.25) is 0 Å². The van der Waals surface area contributed by atoms with Crippen molar-refractivity contribution in [3.8, 4) is 0 Å². The van der Waals surface area contributed by atoms with Crippen LogP contribution in [0.1, 0.15) is 52.4 Å². The third-order valence-corrected chi connectivity index (χ3v) is 6.62. The molecule has 2 heterocycles. The molecule has 3 aliphatic rings. The maximum atomic E-state index is 14.2. The number of carbonyl (C=O) groups is 2. The fraction of sp³-hybridized carbons (Fsp3) is 0.810. The lowest BCUT2D eigenvalue weighted by molar-refractivity contribution is -0.192. The molecule has 0 aromatic carbocycles. The highest BCUT2D eigenvalue weighted by Gasteiger charge is 2.40. The maximum Gasteiger partial charge on any atom is 0.411 e. The Morgan fingerprint density at radius 1 is 1.22 bits per heavy atom. The molecule has 1 saturated heterocycles. The summed E-state index contributed by atoms with van der Waals surface area (Å²) in [4.78, 5) is 25.1. The quantitative estimate of drug-likeness (QED) is 0.525. The summed E-state index contributed by atoms with van der Waals surface area (Å²) in [7, 11) is 0. The van der Waals surface area contributed by atoms with Gasteiger partial charge in [0, 0.05) is 30.0 Å². The van der Waals surface area contributed by atoms with E-state index in [2.05, 4.69) is 16.0 Å². The summed E-state index contributed by atoms with van der Waals surface area (Å²) in [6.45, 7) is 1.96. The zero-order chi connectivity index (χ0) is 23.6. The number of amides is 2. The molecule has 1 saturated carbocycles. The van der Waals surface area contributed by atoms with E-state index in [0.717, 1.165) is 0 Å². The summed E-state index contributed by atoms with van der Waals surface area (Å²) < 4.78 is 69.8. The third-order valence-electron chi connectivity index (χ3n) is 6.62. The number of nitrogens with one attached hydrogen (secondary N) is 3. The lowest BCUT2D eigenvalue weighted by Gasteiger charge is -2.42. The second kappa shape index (κ2) is 10.0. The molecule has 0 aromatic rings. The van der Waals surface area contributed by atoms with Gasteiger partial charge in [-0.05, 0) is 45.1 Å². The number of carbonyl (C=O) groups excluding carboxylic acids is 2. The number of rotatable bonds is 6. The molecule has 1 aliphatic carbocycles. The first kappa shape index (κ1) is 24.9. The first-order chi connectivity index (χ1) is 14.9. The van der Waals surface area contributed by atoms with Crippen LogP contribution in [-0.4, -0.2) is 61.3 Å². The van der Waals surface area contributed by atoms with E-state index in [4.69, 9.17) is 4.74 Å². The standard InChI is InChI=1S/C21H30F5N3O3/c1-10-14(8-17(30)27-11(2)13-4-3-12(22)7-15(13)23)20(31)28-16-5-6-18(29-19(10)16)32-9-21(24,25)26/h11-13,15-16,18-19,29H,3-9H2,1-2H3,(H,27,30)(H,28,31)/t11-,12?,13?,15?,16?,18?,19?/m0/s1.